The summed E-state index contributed by atoms with van der Waals surface area (Å²) in [5.41, 5.74) is 5.85. The number of nitrogens with two attached hydrogens (primary N) is 1. The van der Waals surface area contributed by atoms with E-state index in [0.29, 0.717) is 12.5 Å². The van der Waals surface area contributed by atoms with Gasteiger partial charge in [0, 0.05) is 32.4 Å². The SMILES string of the molecule is NC(=NCCO)N1CCN(c2ccccn2)CC1. The van der Waals surface area contributed by atoms with Crippen LogP contribution in [0.1, 0.15) is 0 Å². The van der Waals surface area contributed by atoms with Gasteiger partial charge in [-0.1, -0.05) is 6.07 Å². The highest BCUT2D eigenvalue weighted by Gasteiger charge is 2.18. The van der Waals surface area contributed by atoms with Crippen molar-refractivity contribution in [2.75, 3.05) is 44.2 Å². The molecule has 3 N–H and O–H groups in total. The highest BCUT2D eigenvalue weighted by atomic mass is 16.3. The van der Waals surface area contributed by atoms with E-state index in [1.807, 2.05) is 23.1 Å². The second-order valence-electron chi connectivity index (χ2n) is 4.13. The van der Waals surface area contributed by atoms with Gasteiger partial charge in [0.15, 0.2) is 5.96 Å². The molecule has 1 aromatic heterocycles. The molecule has 2 rings (SSSR count). The lowest BCUT2D eigenvalue weighted by molar-refractivity contribution is 0.305. The minimum atomic E-state index is 0.0363. The topological polar surface area (TPSA) is 78.0 Å². The monoisotopic (exact) mass is 249 g/mol. The Bertz CT molecular complexity index is 387. The van der Waals surface area contributed by atoms with Crippen LogP contribution in [0.5, 0.6) is 0 Å². The molecule has 1 saturated heterocycles. The van der Waals surface area contributed by atoms with Crippen LogP contribution < -0.4 is 10.6 Å². The smallest absolute Gasteiger partial charge is 0.191 e. The third kappa shape index (κ3) is 3.10. The number of nitrogens with zero attached hydrogens (tertiary/aromatic N) is 4. The molecule has 6 heteroatoms. The number of aliphatic hydroxyl groups excluding tert-OH is 1. The number of guanidine groups is 1. The van der Waals surface area contributed by atoms with Crippen molar-refractivity contribution in [3.8, 4) is 0 Å². The zero-order chi connectivity index (χ0) is 12.8. The number of piperazine rings is 1. The summed E-state index contributed by atoms with van der Waals surface area (Å²) in [6.07, 6.45) is 1.80. The van der Waals surface area contributed by atoms with Crippen molar-refractivity contribution in [2.24, 2.45) is 10.7 Å². The van der Waals surface area contributed by atoms with Crippen LogP contribution in [0.15, 0.2) is 29.4 Å². The van der Waals surface area contributed by atoms with Gasteiger partial charge in [-0.2, -0.15) is 0 Å². The van der Waals surface area contributed by atoms with Crippen molar-refractivity contribution < 1.29 is 5.11 Å². The summed E-state index contributed by atoms with van der Waals surface area (Å²) in [6, 6.07) is 5.92. The van der Waals surface area contributed by atoms with Gasteiger partial charge in [0.25, 0.3) is 0 Å². The molecule has 18 heavy (non-hydrogen) atoms. The van der Waals surface area contributed by atoms with Crippen LogP contribution in [0.4, 0.5) is 5.82 Å². The third-order valence-electron chi connectivity index (χ3n) is 2.95. The summed E-state index contributed by atoms with van der Waals surface area (Å²) in [5, 5.41) is 8.71. The van der Waals surface area contributed by atoms with Gasteiger partial charge in [0.05, 0.1) is 13.2 Å². The fourth-order valence-corrected chi connectivity index (χ4v) is 1.97. The van der Waals surface area contributed by atoms with Crippen LogP contribution in [-0.4, -0.2) is 60.3 Å². The molecule has 6 nitrogen and oxygen atoms in total. The summed E-state index contributed by atoms with van der Waals surface area (Å²) in [5.74, 6) is 1.52. The Balaban J connectivity index is 1.88. The number of rotatable bonds is 3. The van der Waals surface area contributed by atoms with Crippen molar-refractivity contribution in [1.82, 2.24) is 9.88 Å². The molecule has 0 bridgehead atoms. The quantitative estimate of drug-likeness (QED) is 0.558. The molecule has 1 aliphatic heterocycles. The highest BCUT2D eigenvalue weighted by molar-refractivity contribution is 5.78. The van der Waals surface area contributed by atoms with Crippen LogP contribution in [0.25, 0.3) is 0 Å². The zero-order valence-corrected chi connectivity index (χ0v) is 10.4. The van der Waals surface area contributed by atoms with E-state index in [0.717, 1.165) is 32.0 Å². The van der Waals surface area contributed by atoms with E-state index in [1.165, 1.54) is 0 Å². The molecule has 2 heterocycles. The standard InChI is InChI=1S/C12H19N5O/c13-12(15-5-10-18)17-8-6-16(7-9-17)11-3-1-2-4-14-11/h1-4,18H,5-10H2,(H2,13,15). The lowest BCUT2D eigenvalue weighted by Gasteiger charge is -2.35. The van der Waals surface area contributed by atoms with E-state index in [1.54, 1.807) is 6.20 Å². The number of hydrogen-bond acceptors (Lipinski definition) is 4. The maximum atomic E-state index is 8.71. The summed E-state index contributed by atoms with van der Waals surface area (Å²) < 4.78 is 0. The Morgan fingerprint density at radius 1 is 1.33 bits per heavy atom. The summed E-state index contributed by atoms with van der Waals surface area (Å²) >= 11 is 0. The Hall–Kier alpha value is -1.82. The second-order valence-corrected chi connectivity index (χ2v) is 4.13. The summed E-state index contributed by atoms with van der Waals surface area (Å²) in [4.78, 5) is 12.7. The van der Waals surface area contributed by atoms with E-state index < -0.39 is 0 Å². The van der Waals surface area contributed by atoms with Crippen LogP contribution in [0, 0.1) is 0 Å². The first-order valence-corrected chi connectivity index (χ1v) is 6.13. The maximum Gasteiger partial charge on any atom is 0.191 e. The average Bonchev–Trinajstić information content (AvgIpc) is 2.46. The van der Waals surface area contributed by atoms with Gasteiger partial charge in [-0.15, -0.1) is 0 Å². The molecule has 1 aliphatic rings. The molecule has 0 aromatic carbocycles. The molecule has 1 aromatic rings. The number of aromatic nitrogens is 1. The minimum Gasteiger partial charge on any atom is -0.394 e. The van der Waals surface area contributed by atoms with Crippen LogP contribution in [-0.2, 0) is 0 Å². The van der Waals surface area contributed by atoms with Crippen LogP contribution in [0.3, 0.4) is 0 Å². The largest absolute Gasteiger partial charge is 0.394 e. The molecule has 98 valence electrons. The number of aliphatic imine (C=N–C) groups is 1. The minimum absolute atomic E-state index is 0.0363. The van der Waals surface area contributed by atoms with Crippen molar-refractivity contribution in [3.05, 3.63) is 24.4 Å². The Labute approximate surface area is 107 Å². The molecule has 0 radical (unpaired) electrons. The molecule has 0 unspecified atom stereocenters. The molecule has 1 fully saturated rings. The van der Waals surface area contributed by atoms with Gasteiger partial charge in [-0.3, -0.25) is 4.99 Å². The van der Waals surface area contributed by atoms with Crippen molar-refractivity contribution in [3.63, 3.8) is 0 Å². The predicted octanol–water partition coefficient (Wildman–Crippen LogP) is -0.489. The summed E-state index contributed by atoms with van der Waals surface area (Å²) in [7, 11) is 0. The molecule has 0 aliphatic carbocycles. The van der Waals surface area contributed by atoms with Gasteiger partial charge in [-0.25, -0.2) is 4.98 Å². The van der Waals surface area contributed by atoms with Gasteiger partial charge in [0.2, 0.25) is 0 Å². The molecular formula is C12H19N5O. The van der Waals surface area contributed by atoms with E-state index in [2.05, 4.69) is 14.9 Å². The Kier molecular flexibility index (Phi) is 4.35. The number of aliphatic hydroxyl groups is 1. The highest BCUT2D eigenvalue weighted by Crippen LogP contribution is 2.12. The molecule has 0 spiro atoms. The van der Waals surface area contributed by atoms with Crippen molar-refractivity contribution in [1.29, 1.82) is 0 Å². The van der Waals surface area contributed by atoms with E-state index >= 15 is 0 Å². The lowest BCUT2D eigenvalue weighted by Crippen LogP contribution is -2.51. The average molecular weight is 249 g/mol. The maximum absolute atomic E-state index is 8.71. The van der Waals surface area contributed by atoms with Gasteiger partial charge in [-0.05, 0) is 12.1 Å². The predicted molar refractivity (Wildman–Crippen MR) is 71.6 cm³/mol. The Morgan fingerprint density at radius 3 is 2.72 bits per heavy atom. The van der Waals surface area contributed by atoms with Gasteiger partial charge < -0.3 is 20.6 Å². The van der Waals surface area contributed by atoms with Crippen molar-refractivity contribution in [2.45, 2.75) is 0 Å². The number of anilines is 1. The fourth-order valence-electron chi connectivity index (χ4n) is 1.97. The molecule has 0 amide bonds. The number of hydrogen-bond donors (Lipinski definition) is 2. The zero-order valence-electron chi connectivity index (χ0n) is 10.4. The van der Waals surface area contributed by atoms with Crippen LogP contribution in [0.2, 0.25) is 0 Å². The fraction of sp³-hybridized carbons (Fsp3) is 0.500. The van der Waals surface area contributed by atoms with E-state index in [4.69, 9.17) is 10.8 Å². The van der Waals surface area contributed by atoms with Crippen molar-refractivity contribution >= 4 is 11.8 Å². The van der Waals surface area contributed by atoms with Gasteiger partial charge in [0.1, 0.15) is 5.82 Å². The molecule has 0 atom stereocenters. The number of pyridine rings is 1. The van der Waals surface area contributed by atoms with E-state index in [-0.39, 0.29) is 6.61 Å². The van der Waals surface area contributed by atoms with Gasteiger partial charge >= 0.3 is 0 Å². The first-order chi connectivity index (χ1) is 8.81. The summed E-state index contributed by atoms with van der Waals surface area (Å²) in [6.45, 7) is 3.83. The Morgan fingerprint density at radius 2 is 2.11 bits per heavy atom. The normalized spacial score (nSPS) is 17.1. The first-order valence-electron chi connectivity index (χ1n) is 6.13. The van der Waals surface area contributed by atoms with Crippen LogP contribution >= 0.6 is 0 Å². The first kappa shape index (κ1) is 12.6. The molecule has 0 saturated carbocycles. The third-order valence-corrected chi connectivity index (χ3v) is 2.95. The molecular weight excluding hydrogens is 230 g/mol. The lowest BCUT2D eigenvalue weighted by atomic mass is 10.3. The van der Waals surface area contributed by atoms with E-state index in [9.17, 15) is 0 Å². The second kappa shape index (κ2) is 6.20.